The Morgan fingerprint density at radius 3 is 2.20 bits per heavy atom. The summed E-state index contributed by atoms with van der Waals surface area (Å²) in [5, 5.41) is 2.77. The number of hydrogen-bond donors (Lipinski definition) is 1. The molecule has 0 spiro atoms. The van der Waals surface area contributed by atoms with Gasteiger partial charge in [-0.3, -0.25) is 0 Å². The number of alkyl halides is 6. The van der Waals surface area contributed by atoms with E-state index in [0.29, 0.717) is 30.1 Å². The minimum absolute atomic E-state index is 0.0161. The van der Waals surface area contributed by atoms with Crippen molar-refractivity contribution >= 4 is 23.3 Å². The molecule has 188 valence electrons. The lowest BCUT2D eigenvalue weighted by Gasteiger charge is -2.24. The molecule has 2 amide bonds. The van der Waals surface area contributed by atoms with E-state index in [1.54, 1.807) is 37.4 Å². The highest BCUT2D eigenvalue weighted by atomic mass is 35.5. The quantitative estimate of drug-likeness (QED) is 0.321. The summed E-state index contributed by atoms with van der Waals surface area (Å²) >= 11 is 6.04. The molecule has 0 aliphatic carbocycles. The summed E-state index contributed by atoms with van der Waals surface area (Å²) < 4.78 is 80.8. The summed E-state index contributed by atoms with van der Waals surface area (Å²) in [6.07, 6.45) is -7.69. The molecule has 0 saturated heterocycles. The fourth-order valence-electron chi connectivity index (χ4n) is 3.53. The minimum Gasteiger partial charge on any atom is -0.345 e. The molecule has 35 heavy (non-hydrogen) atoms. The number of carbonyl (C=O) groups excluding carboxylic acids is 1. The Balaban J connectivity index is 1.82. The lowest BCUT2D eigenvalue weighted by atomic mass is 10.1. The zero-order chi connectivity index (χ0) is 25.8. The van der Waals surface area contributed by atoms with Crippen molar-refractivity contribution in [3.63, 3.8) is 0 Å². The Labute approximate surface area is 203 Å². The van der Waals surface area contributed by atoms with Crippen LogP contribution in [0, 0.1) is 0 Å². The van der Waals surface area contributed by atoms with Gasteiger partial charge in [0.15, 0.2) is 0 Å². The highest BCUT2D eigenvalue weighted by molar-refractivity contribution is 6.30. The maximum Gasteiger partial charge on any atom is 0.416 e. The Bertz CT molecular complexity index is 1140. The van der Waals surface area contributed by atoms with Crippen LogP contribution in [0.25, 0.3) is 0 Å². The van der Waals surface area contributed by atoms with Crippen molar-refractivity contribution in [2.75, 3.05) is 11.9 Å². The van der Waals surface area contributed by atoms with Gasteiger partial charge in [0.05, 0.1) is 17.7 Å². The second-order valence-corrected chi connectivity index (χ2v) is 8.34. The van der Waals surface area contributed by atoms with Crippen LogP contribution in [0.2, 0.25) is 5.02 Å². The molecule has 0 aliphatic rings. The highest BCUT2D eigenvalue weighted by Gasteiger charge is 2.37. The number of carbonyl (C=O) groups is 1. The second-order valence-electron chi connectivity index (χ2n) is 7.90. The molecule has 11 heteroatoms. The van der Waals surface area contributed by atoms with E-state index in [4.69, 9.17) is 11.6 Å². The monoisotopic (exact) mass is 517 g/mol. The Kier molecular flexibility index (Phi) is 8.04. The molecule has 2 aromatic carbocycles. The molecule has 0 bridgehead atoms. The molecule has 0 atom stereocenters. The van der Waals surface area contributed by atoms with Crippen LogP contribution in [-0.2, 0) is 25.4 Å². The van der Waals surface area contributed by atoms with Gasteiger partial charge in [0.1, 0.15) is 0 Å². The molecule has 3 rings (SSSR count). The van der Waals surface area contributed by atoms with Crippen LogP contribution >= 0.6 is 11.6 Å². The van der Waals surface area contributed by atoms with E-state index >= 15 is 0 Å². The first-order chi connectivity index (χ1) is 16.4. The van der Waals surface area contributed by atoms with E-state index < -0.39 is 35.2 Å². The molecule has 4 nitrogen and oxygen atoms in total. The zero-order valence-electron chi connectivity index (χ0n) is 18.6. The number of amides is 2. The van der Waals surface area contributed by atoms with Gasteiger partial charge in [-0.1, -0.05) is 30.7 Å². The van der Waals surface area contributed by atoms with E-state index in [2.05, 4.69) is 5.32 Å². The zero-order valence-corrected chi connectivity index (χ0v) is 19.3. The fourth-order valence-corrected chi connectivity index (χ4v) is 3.74. The third kappa shape index (κ3) is 7.17. The number of aromatic nitrogens is 1. The molecule has 0 unspecified atom stereocenters. The molecule has 0 saturated carbocycles. The molecular formula is C24H22ClF6N3O. The Morgan fingerprint density at radius 2 is 1.63 bits per heavy atom. The Hall–Kier alpha value is -3.14. The number of halogens is 7. The molecule has 3 aromatic rings. The van der Waals surface area contributed by atoms with Crippen molar-refractivity contribution in [3.8, 4) is 0 Å². The molecule has 0 aliphatic heterocycles. The minimum atomic E-state index is -5.01. The number of nitrogens with one attached hydrogen (secondary N) is 1. The van der Waals surface area contributed by atoms with Crippen LogP contribution in [0.1, 0.15) is 35.7 Å². The van der Waals surface area contributed by atoms with Crippen molar-refractivity contribution in [2.45, 2.75) is 38.8 Å². The average molecular weight is 518 g/mol. The van der Waals surface area contributed by atoms with Crippen LogP contribution in [0.4, 0.5) is 36.8 Å². The van der Waals surface area contributed by atoms with E-state index in [9.17, 15) is 31.1 Å². The number of hydrogen-bond acceptors (Lipinski definition) is 1. The summed E-state index contributed by atoms with van der Waals surface area (Å²) in [4.78, 5) is 14.2. The lowest BCUT2D eigenvalue weighted by Crippen LogP contribution is -2.36. The first kappa shape index (κ1) is 26.5. The molecule has 1 heterocycles. The molecule has 1 aromatic heterocycles. The van der Waals surface area contributed by atoms with Gasteiger partial charge in [-0.05, 0) is 54.4 Å². The standard InChI is InChI=1S/C24H22ClF6N3O/c1-2-8-34(15-21-7-4-9-33(21)14-16-5-3-6-19(25)10-16)22(35)32-20-12-17(23(26,27)28)11-18(13-20)24(29,30)31/h3-7,9-13H,2,8,14-15H2,1H3,(H,32,35). The van der Waals surface area contributed by atoms with Gasteiger partial charge in [-0.15, -0.1) is 0 Å². The van der Waals surface area contributed by atoms with Gasteiger partial charge in [-0.2, -0.15) is 26.3 Å². The normalized spacial score (nSPS) is 12.0. The van der Waals surface area contributed by atoms with Crippen molar-refractivity contribution in [1.29, 1.82) is 0 Å². The van der Waals surface area contributed by atoms with Crippen LogP contribution in [0.5, 0.6) is 0 Å². The summed E-state index contributed by atoms with van der Waals surface area (Å²) in [6.45, 7) is 2.60. The van der Waals surface area contributed by atoms with Crippen molar-refractivity contribution in [3.05, 3.63) is 88.2 Å². The van der Waals surface area contributed by atoms with Crippen LogP contribution < -0.4 is 5.32 Å². The lowest BCUT2D eigenvalue weighted by molar-refractivity contribution is -0.143. The first-order valence-corrected chi connectivity index (χ1v) is 11.0. The number of anilines is 1. The van der Waals surface area contributed by atoms with E-state index in [-0.39, 0.29) is 19.2 Å². The molecular weight excluding hydrogens is 496 g/mol. The molecule has 1 N–H and O–H groups in total. The fraction of sp³-hybridized carbons (Fsp3) is 0.292. The van der Waals surface area contributed by atoms with Crippen LogP contribution in [-0.4, -0.2) is 22.0 Å². The van der Waals surface area contributed by atoms with Gasteiger partial charge < -0.3 is 14.8 Å². The van der Waals surface area contributed by atoms with E-state index in [1.807, 2.05) is 16.7 Å². The summed E-state index contributed by atoms with van der Waals surface area (Å²) in [7, 11) is 0. The number of urea groups is 1. The van der Waals surface area contributed by atoms with Crippen LogP contribution in [0.15, 0.2) is 60.8 Å². The first-order valence-electron chi connectivity index (χ1n) is 10.6. The van der Waals surface area contributed by atoms with Crippen molar-refractivity contribution in [2.24, 2.45) is 0 Å². The average Bonchev–Trinajstić information content (AvgIpc) is 3.18. The maximum atomic E-state index is 13.2. The molecule has 0 radical (unpaired) electrons. The van der Waals surface area contributed by atoms with Gasteiger partial charge >= 0.3 is 18.4 Å². The summed E-state index contributed by atoms with van der Waals surface area (Å²) in [5.74, 6) is 0. The van der Waals surface area contributed by atoms with Gasteiger partial charge in [-0.25, -0.2) is 4.79 Å². The predicted molar refractivity (Wildman–Crippen MR) is 121 cm³/mol. The van der Waals surface area contributed by atoms with Crippen molar-refractivity contribution in [1.82, 2.24) is 9.47 Å². The molecule has 0 fully saturated rings. The van der Waals surface area contributed by atoms with E-state index in [1.165, 1.54) is 4.90 Å². The van der Waals surface area contributed by atoms with Crippen LogP contribution in [0.3, 0.4) is 0 Å². The second kappa shape index (κ2) is 10.6. The predicted octanol–water partition coefficient (Wildman–Crippen LogP) is 7.67. The number of benzene rings is 2. The van der Waals surface area contributed by atoms with Crippen molar-refractivity contribution < 1.29 is 31.1 Å². The van der Waals surface area contributed by atoms with Gasteiger partial charge in [0.2, 0.25) is 0 Å². The third-order valence-corrected chi connectivity index (χ3v) is 5.37. The smallest absolute Gasteiger partial charge is 0.345 e. The number of nitrogens with zero attached hydrogens (tertiary/aromatic N) is 2. The third-order valence-electron chi connectivity index (χ3n) is 5.14. The van der Waals surface area contributed by atoms with Gasteiger partial charge in [0, 0.05) is 35.7 Å². The largest absolute Gasteiger partial charge is 0.416 e. The topological polar surface area (TPSA) is 37.3 Å². The maximum absolute atomic E-state index is 13.2. The highest BCUT2D eigenvalue weighted by Crippen LogP contribution is 2.37. The summed E-state index contributed by atoms with van der Waals surface area (Å²) in [5.41, 5.74) is -1.94. The number of rotatable bonds is 7. The Morgan fingerprint density at radius 1 is 0.971 bits per heavy atom. The summed E-state index contributed by atoms with van der Waals surface area (Å²) in [6, 6.07) is 11.0. The van der Waals surface area contributed by atoms with E-state index in [0.717, 1.165) is 11.3 Å². The SMILES string of the molecule is CCCN(Cc1cccn1Cc1cccc(Cl)c1)C(=O)Nc1cc(C(F)(F)F)cc(C(F)(F)F)c1. The van der Waals surface area contributed by atoms with Gasteiger partial charge in [0.25, 0.3) is 0 Å².